The van der Waals surface area contributed by atoms with Crippen LogP contribution in [0, 0.1) is 0 Å². The van der Waals surface area contributed by atoms with Crippen LogP contribution in [0.5, 0.6) is 0 Å². The van der Waals surface area contributed by atoms with Gasteiger partial charge in [0.05, 0.1) is 6.61 Å². The second-order valence-corrected chi connectivity index (χ2v) is 2.08. The van der Waals surface area contributed by atoms with Crippen molar-refractivity contribution in [3.63, 3.8) is 0 Å². The zero-order chi connectivity index (χ0) is 5.82. The van der Waals surface area contributed by atoms with Gasteiger partial charge in [0.1, 0.15) is 0 Å². The Labute approximate surface area is 61.3 Å². The summed E-state index contributed by atoms with van der Waals surface area (Å²) in [6, 6.07) is 0.392. The molecule has 0 aliphatic carbocycles. The van der Waals surface area contributed by atoms with Crippen LogP contribution in [-0.2, 0) is 4.74 Å². The largest absolute Gasteiger partial charge is 0.380 e. The number of hydrogen-bond donors (Lipinski definition) is 2. The van der Waals surface area contributed by atoms with Gasteiger partial charge in [0.25, 0.3) is 0 Å². The minimum atomic E-state index is 0. The van der Waals surface area contributed by atoms with Crippen LogP contribution in [0.4, 0.5) is 0 Å². The number of hydrazine groups is 1. The molecule has 0 saturated carbocycles. The molecule has 1 atom stereocenters. The summed E-state index contributed by atoms with van der Waals surface area (Å²) in [6.07, 6.45) is 2.28. The first kappa shape index (κ1) is 9.17. The van der Waals surface area contributed by atoms with E-state index in [0.717, 1.165) is 26.1 Å². The Morgan fingerprint density at radius 1 is 1.56 bits per heavy atom. The summed E-state index contributed by atoms with van der Waals surface area (Å²) in [7, 11) is 0. The summed E-state index contributed by atoms with van der Waals surface area (Å²) in [5, 5.41) is 0. The molecule has 0 spiro atoms. The molecule has 4 heteroatoms. The van der Waals surface area contributed by atoms with Gasteiger partial charge in [-0.1, -0.05) is 0 Å². The molecule has 0 aromatic heterocycles. The highest BCUT2D eigenvalue weighted by Gasteiger charge is 2.10. The second-order valence-electron chi connectivity index (χ2n) is 2.08. The number of ether oxygens (including phenoxy) is 1. The normalized spacial score (nSPS) is 27.0. The van der Waals surface area contributed by atoms with E-state index in [1.165, 1.54) is 0 Å². The SMILES string of the molecule is Cl.NNC1CCCOC1. The van der Waals surface area contributed by atoms with Gasteiger partial charge >= 0.3 is 0 Å². The molecule has 1 aliphatic rings. The Bertz CT molecular complexity index is 66.0. The van der Waals surface area contributed by atoms with E-state index in [-0.39, 0.29) is 12.4 Å². The van der Waals surface area contributed by atoms with Crippen LogP contribution < -0.4 is 11.3 Å². The molecule has 0 radical (unpaired) electrons. The van der Waals surface area contributed by atoms with Crippen molar-refractivity contribution in [1.29, 1.82) is 0 Å². The lowest BCUT2D eigenvalue weighted by Gasteiger charge is -2.20. The highest BCUT2D eigenvalue weighted by atomic mass is 35.5. The topological polar surface area (TPSA) is 47.3 Å². The molecule has 1 heterocycles. The number of nitrogens with two attached hydrogens (primary N) is 1. The fourth-order valence-corrected chi connectivity index (χ4v) is 0.872. The third-order valence-corrected chi connectivity index (χ3v) is 1.40. The van der Waals surface area contributed by atoms with Crippen LogP contribution in [-0.4, -0.2) is 19.3 Å². The summed E-state index contributed by atoms with van der Waals surface area (Å²) in [6.45, 7) is 1.68. The highest BCUT2D eigenvalue weighted by Crippen LogP contribution is 2.03. The highest BCUT2D eigenvalue weighted by molar-refractivity contribution is 5.85. The van der Waals surface area contributed by atoms with Crippen LogP contribution >= 0.6 is 12.4 Å². The van der Waals surface area contributed by atoms with Crippen LogP contribution in [0.25, 0.3) is 0 Å². The van der Waals surface area contributed by atoms with E-state index in [2.05, 4.69) is 5.43 Å². The summed E-state index contributed by atoms with van der Waals surface area (Å²) in [5.41, 5.74) is 2.68. The van der Waals surface area contributed by atoms with Crippen molar-refractivity contribution in [3.8, 4) is 0 Å². The summed E-state index contributed by atoms with van der Waals surface area (Å²) in [5.74, 6) is 5.17. The van der Waals surface area contributed by atoms with Crippen molar-refractivity contribution in [2.45, 2.75) is 18.9 Å². The van der Waals surface area contributed by atoms with Gasteiger partial charge in [-0.3, -0.25) is 11.3 Å². The number of hydrogen-bond acceptors (Lipinski definition) is 3. The predicted molar refractivity (Wildman–Crippen MR) is 38.4 cm³/mol. The maximum Gasteiger partial charge on any atom is 0.0633 e. The maximum atomic E-state index is 5.17. The van der Waals surface area contributed by atoms with E-state index >= 15 is 0 Å². The molecule has 0 aromatic rings. The van der Waals surface area contributed by atoms with E-state index < -0.39 is 0 Å². The maximum absolute atomic E-state index is 5.17. The zero-order valence-electron chi connectivity index (χ0n) is 5.30. The van der Waals surface area contributed by atoms with E-state index in [1.54, 1.807) is 0 Å². The van der Waals surface area contributed by atoms with Crippen molar-refractivity contribution in [1.82, 2.24) is 5.43 Å². The molecule has 0 bridgehead atoms. The van der Waals surface area contributed by atoms with E-state index in [1.807, 2.05) is 0 Å². The quantitative estimate of drug-likeness (QED) is 0.413. The minimum Gasteiger partial charge on any atom is -0.380 e. The first-order valence-electron chi connectivity index (χ1n) is 2.97. The van der Waals surface area contributed by atoms with Gasteiger partial charge in [-0.15, -0.1) is 12.4 Å². The van der Waals surface area contributed by atoms with E-state index in [0.29, 0.717) is 6.04 Å². The number of rotatable bonds is 1. The number of halogens is 1. The summed E-state index contributed by atoms with van der Waals surface area (Å²) in [4.78, 5) is 0. The first-order chi connectivity index (χ1) is 3.93. The van der Waals surface area contributed by atoms with Crippen molar-refractivity contribution >= 4 is 12.4 Å². The van der Waals surface area contributed by atoms with Crippen LogP contribution in [0.1, 0.15) is 12.8 Å². The van der Waals surface area contributed by atoms with E-state index in [9.17, 15) is 0 Å². The molecular formula is C5H13ClN2O. The Balaban J connectivity index is 0.000000640. The zero-order valence-corrected chi connectivity index (χ0v) is 6.12. The van der Waals surface area contributed by atoms with Gasteiger partial charge in [0.2, 0.25) is 0 Å². The van der Waals surface area contributed by atoms with Gasteiger partial charge in [-0.25, -0.2) is 0 Å². The molecule has 56 valence electrons. The standard InChI is InChI=1S/C5H12N2O.ClH/c6-7-5-2-1-3-8-4-5;/h5,7H,1-4,6H2;1H. The fourth-order valence-electron chi connectivity index (χ4n) is 0.872. The smallest absolute Gasteiger partial charge is 0.0633 e. The van der Waals surface area contributed by atoms with Gasteiger partial charge in [-0.2, -0.15) is 0 Å². The molecule has 0 amide bonds. The first-order valence-corrected chi connectivity index (χ1v) is 2.97. The molecule has 1 aliphatic heterocycles. The monoisotopic (exact) mass is 152 g/mol. The van der Waals surface area contributed by atoms with Crippen molar-refractivity contribution in [2.75, 3.05) is 13.2 Å². The third-order valence-electron chi connectivity index (χ3n) is 1.40. The molecule has 3 N–H and O–H groups in total. The Morgan fingerprint density at radius 2 is 2.33 bits per heavy atom. The Morgan fingerprint density at radius 3 is 2.67 bits per heavy atom. The van der Waals surface area contributed by atoms with E-state index in [4.69, 9.17) is 10.6 Å². The molecule has 1 unspecified atom stereocenters. The lowest BCUT2D eigenvalue weighted by Crippen LogP contribution is -2.40. The van der Waals surface area contributed by atoms with Gasteiger partial charge in [-0.05, 0) is 12.8 Å². The molecular weight excluding hydrogens is 140 g/mol. The Hall–Kier alpha value is 0.170. The van der Waals surface area contributed by atoms with Gasteiger partial charge in [0, 0.05) is 12.6 Å². The molecule has 1 fully saturated rings. The average molecular weight is 153 g/mol. The molecule has 1 rings (SSSR count). The third kappa shape index (κ3) is 3.01. The molecule has 0 aromatic carbocycles. The fraction of sp³-hybridized carbons (Fsp3) is 1.00. The molecule has 1 saturated heterocycles. The lowest BCUT2D eigenvalue weighted by molar-refractivity contribution is 0.0706. The predicted octanol–water partition coefficient (Wildman–Crippen LogP) is 0.0505. The molecule has 3 nitrogen and oxygen atoms in total. The van der Waals surface area contributed by atoms with Crippen LogP contribution in [0.2, 0.25) is 0 Å². The Kier molecular flexibility index (Phi) is 5.09. The van der Waals surface area contributed by atoms with Gasteiger partial charge in [0.15, 0.2) is 0 Å². The van der Waals surface area contributed by atoms with Crippen LogP contribution in [0.15, 0.2) is 0 Å². The summed E-state index contributed by atoms with van der Waals surface area (Å²) < 4.78 is 5.13. The summed E-state index contributed by atoms with van der Waals surface area (Å²) >= 11 is 0. The lowest BCUT2D eigenvalue weighted by atomic mass is 10.1. The molecule has 9 heavy (non-hydrogen) atoms. The average Bonchev–Trinajstić information content (AvgIpc) is 1.90. The van der Waals surface area contributed by atoms with Crippen LogP contribution in [0.3, 0.4) is 0 Å². The van der Waals surface area contributed by atoms with Crippen molar-refractivity contribution in [3.05, 3.63) is 0 Å². The number of nitrogens with one attached hydrogen (secondary N) is 1. The van der Waals surface area contributed by atoms with Crippen molar-refractivity contribution < 1.29 is 4.74 Å². The van der Waals surface area contributed by atoms with Crippen molar-refractivity contribution in [2.24, 2.45) is 5.84 Å². The van der Waals surface area contributed by atoms with Gasteiger partial charge < -0.3 is 4.74 Å². The minimum absolute atomic E-state index is 0. The second kappa shape index (κ2) is 4.99.